The van der Waals surface area contributed by atoms with Gasteiger partial charge in [0.1, 0.15) is 6.54 Å². The largest absolute Gasteiger partial charge is 0.370 e. The van der Waals surface area contributed by atoms with Gasteiger partial charge in [0.2, 0.25) is 0 Å². The molecular formula is C11H19IN4O. The minimum absolute atomic E-state index is 0. The van der Waals surface area contributed by atoms with Crippen LogP contribution in [0.1, 0.15) is 37.1 Å². The SMILES string of the molecule is Cc1cc(CN=C(N)NC2CCCC2)on1.I. The first-order chi connectivity index (χ1) is 7.74. The molecule has 1 saturated carbocycles. The molecule has 0 aromatic carbocycles. The summed E-state index contributed by atoms with van der Waals surface area (Å²) in [4.78, 5) is 4.22. The lowest BCUT2D eigenvalue weighted by atomic mass is 10.2. The van der Waals surface area contributed by atoms with Gasteiger partial charge >= 0.3 is 0 Å². The van der Waals surface area contributed by atoms with Gasteiger partial charge in [-0.3, -0.25) is 0 Å². The molecule has 1 aromatic heterocycles. The second kappa shape index (κ2) is 6.83. The number of hydrogen-bond acceptors (Lipinski definition) is 3. The van der Waals surface area contributed by atoms with Crippen LogP contribution >= 0.6 is 24.0 Å². The number of rotatable bonds is 3. The first kappa shape index (κ1) is 14.3. The maximum Gasteiger partial charge on any atom is 0.189 e. The zero-order valence-electron chi connectivity index (χ0n) is 9.98. The van der Waals surface area contributed by atoms with Gasteiger partial charge < -0.3 is 15.6 Å². The number of hydrogen-bond donors (Lipinski definition) is 2. The summed E-state index contributed by atoms with van der Waals surface area (Å²) >= 11 is 0. The van der Waals surface area contributed by atoms with E-state index in [1.165, 1.54) is 25.7 Å². The fourth-order valence-electron chi connectivity index (χ4n) is 1.98. The van der Waals surface area contributed by atoms with Gasteiger partial charge in [-0.15, -0.1) is 24.0 Å². The molecule has 17 heavy (non-hydrogen) atoms. The van der Waals surface area contributed by atoms with Crippen LogP contribution in [0, 0.1) is 6.92 Å². The Morgan fingerprint density at radius 1 is 1.59 bits per heavy atom. The highest BCUT2D eigenvalue weighted by Crippen LogP contribution is 2.17. The Kier molecular flexibility index (Phi) is 5.73. The average Bonchev–Trinajstić information content (AvgIpc) is 2.87. The van der Waals surface area contributed by atoms with E-state index in [1.54, 1.807) is 0 Å². The van der Waals surface area contributed by atoms with E-state index in [0.717, 1.165) is 11.5 Å². The minimum Gasteiger partial charge on any atom is -0.370 e. The van der Waals surface area contributed by atoms with Crippen molar-refractivity contribution < 1.29 is 4.52 Å². The van der Waals surface area contributed by atoms with Gasteiger partial charge in [0, 0.05) is 12.1 Å². The van der Waals surface area contributed by atoms with Crippen LogP contribution in [-0.4, -0.2) is 17.2 Å². The standard InChI is InChI=1S/C11H18N4O.HI/c1-8-6-10(16-15-8)7-13-11(12)14-9-4-2-3-5-9;/h6,9H,2-5,7H2,1H3,(H3,12,13,14);1H. The smallest absolute Gasteiger partial charge is 0.189 e. The highest BCUT2D eigenvalue weighted by molar-refractivity contribution is 14.0. The van der Waals surface area contributed by atoms with E-state index in [2.05, 4.69) is 15.5 Å². The molecule has 0 spiro atoms. The Bertz CT molecular complexity index is 371. The van der Waals surface area contributed by atoms with Gasteiger partial charge in [-0.2, -0.15) is 0 Å². The second-order valence-corrected chi connectivity index (χ2v) is 4.26. The number of nitrogens with zero attached hydrogens (tertiary/aromatic N) is 2. The van der Waals surface area contributed by atoms with E-state index in [1.807, 2.05) is 13.0 Å². The molecule has 1 fully saturated rings. The molecule has 0 radical (unpaired) electrons. The van der Waals surface area contributed by atoms with Crippen LogP contribution in [0.25, 0.3) is 0 Å². The third kappa shape index (κ3) is 4.53. The summed E-state index contributed by atoms with van der Waals surface area (Å²) in [5.41, 5.74) is 6.65. The van der Waals surface area contributed by atoms with E-state index < -0.39 is 0 Å². The first-order valence-electron chi connectivity index (χ1n) is 5.72. The van der Waals surface area contributed by atoms with Crippen molar-refractivity contribution >= 4 is 29.9 Å². The van der Waals surface area contributed by atoms with E-state index in [4.69, 9.17) is 10.3 Å². The van der Waals surface area contributed by atoms with Gasteiger partial charge in [-0.05, 0) is 19.8 Å². The molecule has 3 N–H and O–H groups in total. The van der Waals surface area contributed by atoms with Crippen molar-refractivity contribution in [3.63, 3.8) is 0 Å². The Hall–Kier alpha value is -0.790. The summed E-state index contributed by atoms with van der Waals surface area (Å²) in [6.07, 6.45) is 4.95. The molecule has 0 aliphatic heterocycles. The summed E-state index contributed by atoms with van der Waals surface area (Å²) in [5.74, 6) is 1.25. The van der Waals surface area contributed by atoms with Crippen LogP contribution < -0.4 is 11.1 Å². The molecule has 1 aliphatic carbocycles. The van der Waals surface area contributed by atoms with Crippen molar-refractivity contribution in [2.24, 2.45) is 10.7 Å². The van der Waals surface area contributed by atoms with Crippen LogP contribution in [0.2, 0.25) is 0 Å². The van der Waals surface area contributed by atoms with Gasteiger partial charge in [-0.25, -0.2) is 4.99 Å². The first-order valence-corrected chi connectivity index (χ1v) is 5.72. The van der Waals surface area contributed by atoms with Gasteiger partial charge in [0.15, 0.2) is 11.7 Å². The van der Waals surface area contributed by atoms with Crippen molar-refractivity contribution in [1.29, 1.82) is 0 Å². The topological polar surface area (TPSA) is 76.4 Å². The number of halogens is 1. The Morgan fingerprint density at radius 3 is 2.88 bits per heavy atom. The average molecular weight is 350 g/mol. The van der Waals surface area contributed by atoms with Gasteiger partial charge in [-0.1, -0.05) is 18.0 Å². The van der Waals surface area contributed by atoms with E-state index >= 15 is 0 Å². The molecule has 5 nitrogen and oxygen atoms in total. The molecule has 1 aliphatic rings. The molecule has 6 heteroatoms. The molecule has 0 bridgehead atoms. The lowest BCUT2D eigenvalue weighted by Gasteiger charge is -2.11. The van der Waals surface area contributed by atoms with Gasteiger partial charge in [0.05, 0.1) is 5.69 Å². The number of nitrogens with one attached hydrogen (secondary N) is 1. The molecule has 0 amide bonds. The number of aliphatic imine (C=N–C) groups is 1. The summed E-state index contributed by atoms with van der Waals surface area (Å²) in [7, 11) is 0. The Labute approximate surface area is 118 Å². The van der Waals surface area contributed by atoms with Crippen molar-refractivity contribution in [3.05, 3.63) is 17.5 Å². The van der Waals surface area contributed by atoms with Gasteiger partial charge in [0.25, 0.3) is 0 Å². The predicted octanol–water partition coefficient (Wildman–Crippen LogP) is 1.95. The monoisotopic (exact) mass is 350 g/mol. The van der Waals surface area contributed by atoms with Crippen LogP contribution in [0.5, 0.6) is 0 Å². The third-order valence-corrected chi connectivity index (χ3v) is 2.79. The normalized spacial score (nSPS) is 16.9. The van der Waals surface area contributed by atoms with Crippen LogP contribution in [0.15, 0.2) is 15.6 Å². The van der Waals surface area contributed by atoms with Crippen molar-refractivity contribution in [2.75, 3.05) is 0 Å². The molecule has 1 heterocycles. The Balaban J connectivity index is 0.00000144. The Morgan fingerprint density at radius 2 is 2.29 bits per heavy atom. The highest BCUT2D eigenvalue weighted by atomic mass is 127. The van der Waals surface area contributed by atoms with E-state index in [9.17, 15) is 0 Å². The number of aryl methyl sites for hydroxylation is 1. The number of aromatic nitrogens is 1. The van der Waals surface area contributed by atoms with Crippen molar-refractivity contribution in [3.8, 4) is 0 Å². The summed E-state index contributed by atoms with van der Waals surface area (Å²) in [6, 6.07) is 2.37. The fourth-order valence-corrected chi connectivity index (χ4v) is 1.98. The minimum atomic E-state index is 0. The lowest BCUT2D eigenvalue weighted by molar-refractivity contribution is 0.381. The molecule has 2 rings (SSSR count). The number of nitrogens with two attached hydrogens (primary N) is 1. The second-order valence-electron chi connectivity index (χ2n) is 4.26. The molecule has 96 valence electrons. The summed E-state index contributed by atoms with van der Waals surface area (Å²) < 4.78 is 5.04. The maximum absolute atomic E-state index is 5.78. The molecule has 0 atom stereocenters. The molecule has 1 aromatic rings. The zero-order chi connectivity index (χ0) is 11.4. The van der Waals surface area contributed by atoms with Crippen LogP contribution in [-0.2, 0) is 6.54 Å². The zero-order valence-corrected chi connectivity index (χ0v) is 12.3. The lowest BCUT2D eigenvalue weighted by Crippen LogP contribution is -2.38. The summed E-state index contributed by atoms with van der Waals surface area (Å²) in [6.45, 7) is 2.34. The fraction of sp³-hybridized carbons (Fsp3) is 0.636. The molecule has 0 unspecified atom stereocenters. The number of guanidine groups is 1. The van der Waals surface area contributed by atoms with E-state index in [0.29, 0.717) is 18.5 Å². The highest BCUT2D eigenvalue weighted by Gasteiger charge is 2.14. The third-order valence-electron chi connectivity index (χ3n) is 2.79. The van der Waals surface area contributed by atoms with Crippen molar-refractivity contribution in [2.45, 2.75) is 45.2 Å². The predicted molar refractivity (Wildman–Crippen MR) is 77.4 cm³/mol. The summed E-state index contributed by atoms with van der Waals surface area (Å²) in [5, 5.41) is 7.01. The molecule has 0 saturated heterocycles. The quantitative estimate of drug-likeness (QED) is 0.496. The molecular weight excluding hydrogens is 331 g/mol. The maximum atomic E-state index is 5.78. The van der Waals surface area contributed by atoms with Crippen LogP contribution in [0.4, 0.5) is 0 Å². The van der Waals surface area contributed by atoms with Crippen molar-refractivity contribution in [1.82, 2.24) is 10.5 Å². The van der Waals surface area contributed by atoms with E-state index in [-0.39, 0.29) is 24.0 Å². The van der Waals surface area contributed by atoms with Crippen LogP contribution in [0.3, 0.4) is 0 Å².